The van der Waals surface area contributed by atoms with E-state index in [0.717, 1.165) is 5.56 Å². The van der Waals surface area contributed by atoms with Gasteiger partial charge in [-0.3, -0.25) is 0 Å². The summed E-state index contributed by atoms with van der Waals surface area (Å²) < 4.78 is 9.58. The molecule has 0 unspecified atom stereocenters. The van der Waals surface area contributed by atoms with Crippen molar-refractivity contribution >= 4 is 17.6 Å². The molecule has 1 heterocycles. The summed E-state index contributed by atoms with van der Waals surface area (Å²) in [5, 5.41) is 0. The van der Waals surface area contributed by atoms with Crippen LogP contribution in [-0.2, 0) is 10.6 Å². The van der Waals surface area contributed by atoms with E-state index >= 15 is 0 Å². The smallest absolute Gasteiger partial charge is 0.373 e. The summed E-state index contributed by atoms with van der Waals surface area (Å²) in [7, 11) is 1.31. The van der Waals surface area contributed by atoms with Crippen LogP contribution in [-0.4, -0.2) is 13.1 Å². The maximum Gasteiger partial charge on any atom is 0.373 e. The molecule has 1 aromatic heterocycles. The van der Waals surface area contributed by atoms with Gasteiger partial charge in [-0.25, -0.2) is 4.79 Å². The van der Waals surface area contributed by atoms with Gasteiger partial charge in [0.15, 0.2) is 0 Å². The number of rotatable bonds is 2. The van der Waals surface area contributed by atoms with Crippen LogP contribution in [0.5, 0.6) is 0 Å². The minimum atomic E-state index is -0.477. The number of carbonyl (C=O) groups is 1. The molecule has 0 saturated heterocycles. The molecule has 0 aliphatic carbocycles. The Balaban J connectivity index is 2.96. The Hall–Kier alpha value is -0.960. The van der Waals surface area contributed by atoms with Crippen molar-refractivity contribution in [3.63, 3.8) is 0 Å². The fourth-order valence-corrected chi connectivity index (χ4v) is 1.12. The molecule has 3 nitrogen and oxygen atoms in total. The van der Waals surface area contributed by atoms with E-state index in [4.69, 9.17) is 16.0 Å². The molecule has 0 atom stereocenters. The predicted octanol–water partition coefficient (Wildman–Crippen LogP) is 2.11. The van der Waals surface area contributed by atoms with Crippen LogP contribution in [0.4, 0.5) is 0 Å². The molecule has 0 N–H and O–H groups in total. The van der Waals surface area contributed by atoms with Crippen LogP contribution in [0, 0.1) is 6.92 Å². The first kappa shape index (κ1) is 9.13. The zero-order chi connectivity index (χ0) is 9.14. The number of methoxy groups -OCH3 is 1. The van der Waals surface area contributed by atoms with Crippen LogP contribution >= 0.6 is 11.6 Å². The second-order valence-corrected chi connectivity index (χ2v) is 2.61. The lowest BCUT2D eigenvalue weighted by atomic mass is 10.3. The number of alkyl halides is 1. The van der Waals surface area contributed by atoms with Crippen molar-refractivity contribution < 1.29 is 13.9 Å². The van der Waals surface area contributed by atoms with Crippen LogP contribution < -0.4 is 0 Å². The molecule has 0 fully saturated rings. The predicted molar refractivity (Wildman–Crippen MR) is 44.3 cm³/mol. The van der Waals surface area contributed by atoms with Gasteiger partial charge in [0.05, 0.1) is 13.0 Å². The average molecular weight is 189 g/mol. The SMILES string of the molecule is COC(=O)c1cc(C)c(CCl)o1. The molecule has 4 heteroatoms. The van der Waals surface area contributed by atoms with Gasteiger partial charge in [-0.2, -0.15) is 0 Å². The van der Waals surface area contributed by atoms with E-state index in [9.17, 15) is 4.79 Å². The van der Waals surface area contributed by atoms with Crippen LogP contribution in [0.2, 0.25) is 0 Å². The van der Waals surface area contributed by atoms with Crippen molar-refractivity contribution in [2.45, 2.75) is 12.8 Å². The van der Waals surface area contributed by atoms with Crippen molar-refractivity contribution in [2.75, 3.05) is 7.11 Å². The maximum absolute atomic E-state index is 10.9. The molecule has 1 rings (SSSR count). The molecule has 0 saturated carbocycles. The topological polar surface area (TPSA) is 39.4 Å². The van der Waals surface area contributed by atoms with Crippen LogP contribution in [0.15, 0.2) is 10.5 Å². The van der Waals surface area contributed by atoms with E-state index in [1.54, 1.807) is 6.07 Å². The zero-order valence-electron chi connectivity index (χ0n) is 6.89. The third kappa shape index (κ3) is 1.61. The van der Waals surface area contributed by atoms with E-state index < -0.39 is 5.97 Å². The van der Waals surface area contributed by atoms with E-state index in [-0.39, 0.29) is 11.6 Å². The van der Waals surface area contributed by atoms with Gasteiger partial charge in [0.25, 0.3) is 0 Å². The number of furan rings is 1. The van der Waals surface area contributed by atoms with Gasteiger partial charge in [-0.15, -0.1) is 11.6 Å². The van der Waals surface area contributed by atoms with Gasteiger partial charge in [-0.1, -0.05) is 0 Å². The Kier molecular flexibility index (Phi) is 2.76. The van der Waals surface area contributed by atoms with E-state index in [1.165, 1.54) is 7.11 Å². The molecule has 0 aliphatic heterocycles. The summed E-state index contributed by atoms with van der Waals surface area (Å²) in [6, 6.07) is 1.61. The Labute approximate surface area is 75.3 Å². The number of ether oxygens (including phenoxy) is 1. The number of halogens is 1. The lowest BCUT2D eigenvalue weighted by Crippen LogP contribution is -1.98. The Bertz CT molecular complexity index is 290. The van der Waals surface area contributed by atoms with Crippen LogP contribution in [0.1, 0.15) is 21.9 Å². The summed E-state index contributed by atoms with van der Waals surface area (Å²) >= 11 is 5.55. The number of esters is 1. The summed E-state index contributed by atoms with van der Waals surface area (Å²) in [4.78, 5) is 10.9. The lowest BCUT2D eigenvalue weighted by molar-refractivity contribution is 0.0563. The maximum atomic E-state index is 10.9. The Morgan fingerprint density at radius 2 is 2.42 bits per heavy atom. The molecule has 0 aliphatic rings. The first-order valence-corrected chi connectivity index (χ1v) is 3.96. The largest absolute Gasteiger partial charge is 0.463 e. The molecule has 66 valence electrons. The molecule has 0 spiro atoms. The van der Waals surface area contributed by atoms with Crippen molar-refractivity contribution in [3.8, 4) is 0 Å². The van der Waals surface area contributed by atoms with Gasteiger partial charge >= 0.3 is 5.97 Å². The van der Waals surface area contributed by atoms with Crippen LogP contribution in [0.25, 0.3) is 0 Å². The first-order valence-electron chi connectivity index (χ1n) is 3.42. The summed E-state index contributed by atoms with van der Waals surface area (Å²) in [5.74, 6) is 0.597. The molecule has 0 bridgehead atoms. The average Bonchev–Trinajstić information content (AvgIpc) is 2.45. The molecule has 0 amide bonds. The Morgan fingerprint density at radius 3 is 2.83 bits per heavy atom. The second kappa shape index (κ2) is 3.63. The van der Waals surface area contributed by atoms with E-state index in [1.807, 2.05) is 6.92 Å². The number of hydrogen-bond donors (Lipinski definition) is 0. The van der Waals surface area contributed by atoms with Crippen molar-refractivity contribution in [1.82, 2.24) is 0 Å². The van der Waals surface area contributed by atoms with E-state index in [2.05, 4.69) is 4.74 Å². The van der Waals surface area contributed by atoms with Crippen molar-refractivity contribution in [2.24, 2.45) is 0 Å². The fourth-order valence-electron chi connectivity index (χ4n) is 0.854. The molecule has 12 heavy (non-hydrogen) atoms. The Morgan fingerprint density at radius 1 is 1.75 bits per heavy atom. The quantitative estimate of drug-likeness (QED) is 0.527. The van der Waals surface area contributed by atoms with Crippen LogP contribution in [0.3, 0.4) is 0 Å². The molecular weight excluding hydrogens is 180 g/mol. The third-order valence-corrected chi connectivity index (χ3v) is 1.77. The zero-order valence-corrected chi connectivity index (χ0v) is 7.64. The lowest BCUT2D eigenvalue weighted by Gasteiger charge is -1.91. The molecule has 0 radical (unpaired) electrons. The highest BCUT2D eigenvalue weighted by Gasteiger charge is 2.13. The molecular formula is C8H9ClO3. The second-order valence-electron chi connectivity index (χ2n) is 2.34. The van der Waals surface area contributed by atoms with Gasteiger partial charge in [0.2, 0.25) is 5.76 Å². The minimum absolute atomic E-state index is 0.200. The van der Waals surface area contributed by atoms with Crippen molar-refractivity contribution in [1.29, 1.82) is 0 Å². The number of carbonyl (C=O) groups excluding carboxylic acids is 1. The van der Waals surface area contributed by atoms with Crippen molar-refractivity contribution in [3.05, 3.63) is 23.2 Å². The number of hydrogen-bond acceptors (Lipinski definition) is 3. The van der Waals surface area contributed by atoms with E-state index in [0.29, 0.717) is 5.76 Å². The monoisotopic (exact) mass is 188 g/mol. The first-order chi connectivity index (χ1) is 5.69. The summed E-state index contributed by atoms with van der Waals surface area (Å²) in [6.45, 7) is 1.83. The molecule has 0 aromatic carbocycles. The van der Waals surface area contributed by atoms with Gasteiger partial charge < -0.3 is 9.15 Å². The summed E-state index contributed by atoms with van der Waals surface area (Å²) in [6.07, 6.45) is 0. The highest BCUT2D eigenvalue weighted by atomic mass is 35.5. The highest BCUT2D eigenvalue weighted by molar-refractivity contribution is 6.16. The summed E-state index contributed by atoms with van der Waals surface area (Å²) in [5.41, 5.74) is 0.866. The van der Waals surface area contributed by atoms with Gasteiger partial charge in [0, 0.05) is 0 Å². The molecule has 1 aromatic rings. The standard InChI is InChI=1S/C8H9ClO3/c1-5-3-6(8(10)11-2)12-7(5)4-9/h3H,4H2,1-2H3. The normalized spacial score (nSPS) is 9.92. The highest BCUT2D eigenvalue weighted by Crippen LogP contribution is 2.16. The third-order valence-electron chi connectivity index (χ3n) is 1.53. The van der Waals surface area contributed by atoms with Gasteiger partial charge in [-0.05, 0) is 18.6 Å². The number of aryl methyl sites for hydroxylation is 1. The minimum Gasteiger partial charge on any atom is -0.463 e. The van der Waals surface area contributed by atoms with Gasteiger partial charge in [0.1, 0.15) is 5.76 Å². The fraction of sp³-hybridized carbons (Fsp3) is 0.375.